The van der Waals surface area contributed by atoms with Crippen molar-refractivity contribution in [3.63, 3.8) is 0 Å². The molecule has 6 nitrogen and oxygen atoms in total. The van der Waals surface area contributed by atoms with Crippen LogP contribution in [0.15, 0.2) is 194 Å². The number of para-hydroxylation sites is 3. The Kier molecular flexibility index (Phi) is 7.76. The lowest BCUT2D eigenvalue weighted by Crippen LogP contribution is -2.06. The summed E-state index contributed by atoms with van der Waals surface area (Å²) < 4.78 is 4.62. The second-order valence-corrected chi connectivity index (χ2v) is 14.3. The SMILES string of the molecule is N#Cc1cc(-c2ccccc2)cc(-c2nc(-c3ccccc3)nc(-c3ccccc3)n2)c1-n1c2ccccc2c2ccc3c(c4ccccc4n3-c3ccccc3)c21. The Morgan fingerprint density at radius 3 is 1.53 bits per heavy atom. The van der Waals surface area contributed by atoms with Crippen molar-refractivity contribution >= 4 is 43.6 Å². The van der Waals surface area contributed by atoms with Gasteiger partial charge in [0, 0.05) is 43.9 Å². The number of aromatic nitrogens is 5. The molecule has 0 aliphatic rings. The minimum absolute atomic E-state index is 0.474. The topological polar surface area (TPSA) is 72.3 Å². The second-order valence-electron chi connectivity index (χ2n) is 14.3. The molecule has 3 heterocycles. The molecule has 270 valence electrons. The predicted molar refractivity (Wildman–Crippen MR) is 235 cm³/mol. The molecule has 6 heteroatoms. The van der Waals surface area contributed by atoms with Gasteiger partial charge in [0.2, 0.25) is 0 Å². The molecule has 8 aromatic carbocycles. The molecule has 0 N–H and O–H groups in total. The summed E-state index contributed by atoms with van der Waals surface area (Å²) in [4.78, 5) is 15.5. The molecule has 0 spiro atoms. The quantitative estimate of drug-likeness (QED) is 0.170. The van der Waals surface area contributed by atoms with Crippen LogP contribution in [0.2, 0.25) is 0 Å². The fourth-order valence-electron chi connectivity index (χ4n) is 8.45. The fraction of sp³-hybridized carbons (Fsp3) is 0. The van der Waals surface area contributed by atoms with E-state index in [2.05, 4.69) is 118 Å². The third-order valence-electron chi connectivity index (χ3n) is 11.0. The maximum absolute atomic E-state index is 11.3. The van der Waals surface area contributed by atoms with Crippen LogP contribution in [0.1, 0.15) is 5.56 Å². The van der Waals surface area contributed by atoms with Crippen molar-refractivity contribution in [2.24, 2.45) is 0 Å². The molecule has 58 heavy (non-hydrogen) atoms. The van der Waals surface area contributed by atoms with Gasteiger partial charge in [-0.3, -0.25) is 0 Å². The molecule has 11 rings (SSSR count). The van der Waals surface area contributed by atoms with E-state index in [1.54, 1.807) is 0 Å². The van der Waals surface area contributed by atoms with E-state index in [4.69, 9.17) is 15.0 Å². The smallest absolute Gasteiger partial charge is 0.166 e. The molecule has 3 aromatic heterocycles. The van der Waals surface area contributed by atoms with Crippen LogP contribution < -0.4 is 0 Å². The van der Waals surface area contributed by atoms with Gasteiger partial charge < -0.3 is 9.13 Å². The van der Waals surface area contributed by atoms with Crippen molar-refractivity contribution in [1.29, 1.82) is 5.26 Å². The van der Waals surface area contributed by atoms with Gasteiger partial charge in [0.05, 0.1) is 33.3 Å². The average molecular weight is 741 g/mol. The number of nitriles is 1. The lowest BCUT2D eigenvalue weighted by Gasteiger charge is -2.18. The molecule has 0 saturated heterocycles. The minimum atomic E-state index is 0.474. The highest BCUT2D eigenvalue weighted by Crippen LogP contribution is 2.45. The Bertz CT molecular complexity index is 3320. The van der Waals surface area contributed by atoms with Gasteiger partial charge in [-0.25, -0.2) is 15.0 Å². The summed E-state index contributed by atoms with van der Waals surface area (Å²) in [6.07, 6.45) is 0. The van der Waals surface area contributed by atoms with Gasteiger partial charge in [-0.2, -0.15) is 5.26 Å². The van der Waals surface area contributed by atoms with Gasteiger partial charge in [0.15, 0.2) is 17.5 Å². The van der Waals surface area contributed by atoms with E-state index in [9.17, 15) is 5.26 Å². The Labute approximate surface area is 334 Å². The molecule has 0 aliphatic heterocycles. The van der Waals surface area contributed by atoms with E-state index >= 15 is 0 Å². The van der Waals surface area contributed by atoms with E-state index < -0.39 is 0 Å². The molecular formula is C52H32N6. The highest BCUT2D eigenvalue weighted by molar-refractivity contribution is 6.26. The molecule has 0 bridgehead atoms. The largest absolute Gasteiger partial charge is 0.309 e. The number of hydrogen-bond acceptors (Lipinski definition) is 4. The van der Waals surface area contributed by atoms with Crippen molar-refractivity contribution in [1.82, 2.24) is 24.1 Å². The highest BCUT2D eigenvalue weighted by Gasteiger charge is 2.26. The molecule has 0 unspecified atom stereocenters. The summed E-state index contributed by atoms with van der Waals surface area (Å²) in [5.74, 6) is 1.57. The first-order chi connectivity index (χ1) is 28.7. The van der Waals surface area contributed by atoms with Crippen molar-refractivity contribution < 1.29 is 0 Å². The summed E-state index contributed by atoms with van der Waals surface area (Å²) in [6, 6.07) is 69.0. The Balaban J connectivity index is 1.32. The van der Waals surface area contributed by atoms with Gasteiger partial charge in [-0.15, -0.1) is 0 Å². The normalized spacial score (nSPS) is 11.4. The summed E-state index contributed by atoms with van der Waals surface area (Å²) in [5, 5.41) is 15.7. The van der Waals surface area contributed by atoms with Crippen LogP contribution in [0.4, 0.5) is 0 Å². The van der Waals surface area contributed by atoms with Crippen molar-refractivity contribution in [3.05, 3.63) is 200 Å². The standard InChI is InChI=1S/C52H32N6/c53-33-38-31-37(34-17-5-1-6-18-34)32-43(52-55-50(35-19-7-2-8-20-35)54-51(56-52)36-21-9-3-10-22-36)48(38)58-44-27-15-13-25-40(44)41-29-30-46-47(49(41)58)42-26-14-16-28-45(42)57(46)39-23-11-4-12-24-39/h1-32H. The Morgan fingerprint density at radius 2 is 0.914 bits per heavy atom. The van der Waals surface area contributed by atoms with Crippen LogP contribution in [0.3, 0.4) is 0 Å². The van der Waals surface area contributed by atoms with E-state index in [1.165, 1.54) is 0 Å². The van der Waals surface area contributed by atoms with Crippen LogP contribution >= 0.6 is 0 Å². The first-order valence-corrected chi connectivity index (χ1v) is 19.3. The number of hydrogen-bond donors (Lipinski definition) is 0. The van der Waals surface area contributed by atoms with Gasteiger partial charge in [0.25, 0.3) is 0 Å². The average Bonchev–Trinajstić information content (AvgIpc) is 3.82. The first-order valence-electron chi connectivity index (χ1n) is 19.3. The number of nitrogens with zero attached hydrogens (tertiary/aromatic N) is 6. The minimum Gasteiger partial charge on any atom is -0.309 e. The zero-order chi connectivity index (χ0) is 38.6. The van der Waals surface area contributed by atoms with E-state index in [-0.39, 0.29) is 0 Å². The monoisotopic (exact) mass is 740 g/mol. The Hall–Kier alpha value is -8.14. The van der Waals surface area contributed by atoms with E-state index in [0.717, 1.165) is 77.1 Å². The summed E-state index contributed by atoms with van der Waals surface area (Å²) >= 11 is 0. The third-order valence-corrected chi connectivity index (χ3v) is 11.0. The van der Waals surface area contributed by atoms with E-state index in [0.29, 0.717) is 28.7 Å². The molecule has 0 aliphatic carbocycles. The van der Waals surface area contributed by atoms with Crippen molar-refractivity contribution in [3.8, 4) is 62.7 Å². The second kappa shape index (κ2) is 13.6. The molecular weight excluding hydrogens is 709 g/mol. The maximum Gasteiger partial charge on any atom is 0.166 e. The highest BCUT2D eigenvalue weighted by atomic mass is 15.1. The summed E-state index contributed by atoms with van der Waals surface area (Å²) in [6.45, 7) is 0. The van der Waals surface area contributed by atoms with Gasteiger partial charge in [0.1, 0.15) is 6.07 Å². The molecule has 0 amide bonds. The lowest BCUT2D eigenvalue weighted by molar-refractivity contribution is 1.06. The third kappa shape index (κ3) is 5.30. The summed E-state index contributed by atoms with van der Waals surface area (Å²) in [5.41, 5.74) is 10.8. The fourth-order valence-corrected chi connectivity index (χ4v) is 8.45. The van der Waals surface area contributed by atoms with Crippen LogP contribution in [0, 0.1) is 11.3 Å². The van der Waals surface area contributed by atoms with Crippen molar-refractivity contribution in [2.75, 3.05) is 0 Å². The zero-order valence-electron chi connectivity index (χ0n) is 31.2. The molecule has 0 atom stereocenters. The number of benzene rings is 8. The van der Waals surface area contributed by atoms with Gasteiger partial charge in [-0.05, 0) is 53.6 Å². The zero-order valence-corrected chi connectivity index (χ0v) is 31.2. The molecule has 11 aromatic rings. The van der Waals surface area contributed by atoms with Crippen LogP contribution in [0.25, 0.3) is 100 Å². The van der Waals surface area contributed by atoms with Crippen molar-refractivity contribution in [2.45, 2.75) is 0 Å². The van der Waals surface area contributed by atoms with Crippen LogP contribution in [-0.4, -0.2) is 24.1 Å². The van der Waals surface area contributed by atoms with Crippen LogP contribution in [-0.2, 0) is 0 Å². The predicted octanol–water partition coefficient (Wildman–Crippen LogP) is 12.6. The summed E-state index contributed by atoms with van der Waals surface area (Å²) in [7, 11) is 0. The number of fused-ring (bicyclic) bond motifs is 7. The Morgan fingerprint density at radius 1 is 0.397 bits per heavy atom. The first kappa shape index (κ1) is 33.2. The van der Waals surface area contributed by atoms with Crippen LogP contribution in [0.5, 0.6) is 0 Å². The lowest BCUT2D eigenvalue weighted by atomic mass is 9.97. The number of rotatable bonds is 6. The van der Waals surface area contributed by atoms with E-state index in [1.807, 2.05) is 91.0 Å². The maximum atomic E-state index is 11.3. The molecule has 0 saturated carbocycles. The van der Waals surface area contributed by atoms with Gasteiger partial charge >= 0.3 is 0 Å². The van der Waals surface area contributed by atoms with Gasteiger partial charge in [-0.1, -0.05) is 152 Å². The molecule has 0 fully saturated rings. The molecule has 0 radical (unpaired) electrons.